The lowest BCUT2D eigenvalue weighted by Gasteiger charge is -2.14. The van der Waals surface area contributed by atoms with E-state index in [2.05, 4.69) is 5.32 Å². The van der Waals surface area contributed by atoms with Crippen LogP contribution >= 0.6 is 11.6 Å². The molecule has 0 saturated carbocycles. The second kappa shape index (κ2) is 9.15. The molecular weight excluding hydrogens is 368 g/mol. The zero-order chi connectivity index (χ0) is 19.1. The highest BCUT2D eigenvalue weighted by Gasteiger charge is 2.18. The van der Waals surface area contributed by atoms with Crippen LogP contribution in [-0.4, -0.2) is 24.6 Å². The molecule has 1 N–H and O–H groups in total. The van der Waals surface area contributed by atoms with Crippen molar-refractivity contribution in [2.45, 2.75) is 19.6 Å². The van der Waals surface area contributed by atoms with Crippen LogP contribution in [0.5, 0.6) is 5.75 Å². The van der Waals surface area contributed by atoms with Gasteiger partial charge in [0.25, 0.3) is 5.91 Å². The van der Waals surface area contributed by atoms with Crippen LogP contribution in [0.2, 0.25) is 5.02 Å². The van der Waals surface area contributed by atoms with Gasteiger partial charge in [-0.25, -0.2) is 13.6 Å². The van der Waals surface area contributed by atoms with Gasteiger partial charge in [0.15, 0.2) is 12.7 Å². The average molecular weight is 384 g/mol. The van der Waals surface area contributed by atoms with Crippen molar-refractivity contribution in [1.82, 2.24) is 5.32 Å². The topological polar surface area (TPSA) is 64.6 Å². The van der Waals surface area contributed by atoms with Crippen molar-refractivity contribution in [2.75, 3.05) is 6.61 Å². The maximum atomic E-state index is 12.9. The molecule has 1 atom stereocenters. The van der Waals surface area contributed by atoms with Crippen molar-refractivity contribution in [2.24, 2.45) is 0 Å². The molecule has 0 aromatic heterocycles. The quantitative estimate of drug-likeness (QED) is 0.745. The summed E-state index contributed by atoms with van der Waals surface area (Å²) in [7, 11) is 0. The number of benzene rings is 2. The minimum absolute atomic E-state index is 0.0166. The lowest BCUT2D eigenvalue weighted by molar-refractivity contribution is -0.156. The van der Waals surface area contributed by atoms with E-state index in [1.54, 1.807) is 0 Å². The maximum Gasteiger partial charge on any atom is 0.344 e. The Balaban J connectivity index is 1.76. The highest BCUT2D eigenvalue weighted by molar-refractivity contribution is 6.32. The maximum absolute atomic E-state index is 12.9. The number of esters is 1. The van der Waals surface area contributed by atoms with Gasteiger partial charge >= 0.3 is 5.97 Å². The van der Waals surface area contributed by atoms with E-state index in [1.807, 2.05) is 0 Å². The predicted octanol–water partition coefficient (Wildman–Crippen LogP) is 3.25. The SMILES string of the molecule is C[C@@H](OC(=O)COc1ccc(F)cc1Cl)C(=O)NCc1ccc(F)cc1. The van der Waals surface area contributed by atoms with E-state index in [-0.39, 0.29) is 23.1 Å². The van der Waals surface area contributed by atoms with Crippen molar-refractivity contribution in [3.05, 3.63) is 64.7 Å². The molecule has 1 amide bonds. The van der Waals surface area contributed by atoms with Gasteiger partial charge in [0, 0.05) is 6.54 Å². The van der Waals surface area contributed by atoms with Crippen LogP contribution in [0, 0.1) is 11.6 Å². The summed E-state index contributed by atoms with van der Waals surface area (Å²) in [6.45, 7) is 1.09. The molecule has 5 nitrogen and oxygen atoms in total. The van der Waals surface area contributed by atoms with Gasteiger partial charge in [-0.15, -0.1) is 0 Å². The standard InChI is InChI=1S/C18H16ClF2NO4/c1-11(18(24)22-9-12-2-4-13(20)5-3-12)26-17(23)10-25-16-7-6-14(21)8-15(16)19/h2-8,11H,9-10H2,1H3,(H,22,24)/t11-/m1/s1. The minimum Gasteiger partial charge on any atom is -0.480 e. The highest BCUT2D eigenvalue weighted by atomic mass is 35.5. The molecule has 0 radical (unpaired) electrons. The molecule has 2 aromatic rings. The summed E-state index contributed by atoms with van der Waals surface area (Å²) in [4.78, 5) is 23.7. The van der Waals surface area contributed by atoms with Crippen LogP contribution in [0.3, 0.4) is 0 Å². The third kappa shape index (κ3) is 6.00. The number of carbonyl (C=O) groups is 2. The summed E-state index contributed by atoms with van der Waals surface area (Å²) in [5.74, 6) is -2.07. The summed E-state index contributed by atoms with van der Waals surface area (Å²) < 4.78 is 35.8. The van der Waals surface area contributed by atoms with E-state index in [0.717, 1.165) is 12.1 Å². The number of carbonyl (C=O) groups excluding carboxylic acids is 2. The summed E-state index contributed by atoms with van der Waals surface area (Å²) in [5, 5.41) is 2.59. The van der Waals surface area contributed by atoms with E-state index >= 15 is 0 Å². The summed E-state index contributed by atoms with van der Waals surface area (Å²) in [5.41, 5.74) is 0.701. The van der Waals surface area contributed by atoms with Crippen molar-refractivity contribution >= 4 is 23.5 Å². The number of nitrogens with one attached hydrogen (secondary N) is 1. The third-order valence-corrected chi connectivity index (χ3v) is 3.59. The molecule has 26 heavy (non-hydrogen) atoms. The van der Waals surface area contributed by atoms with Gasteiger partial charge in [-0.3, -0.25) is 4.79 Å². The van der Waals surface area contributed by atoms with Crippen LogP contribution in [0.1, 0.15) is 12.5 Å². The van der Waals surface area contributed by atoms with Gasteiger partial charge in [-0.05, 0) is 42.8 Å². The highest BCUT2D eigenvalue weighted by Crippen LogP contribution is 2.24. The first kappa shape index (κ1) is 19.7. The van der Waals surface area contributed by atoms with Crippen LogP contribution in [-0.2, 0) is 20.9 Å². The van der Waals surface area contributed by atoms with E-state index in [1.165, 1.54) is 37.3 Å². The van der Waals surface area contributed by atoms with Crippen molar-refractivity contribution in [1.29, 1.82) is 0 Å². The molecule has 0 aliphatic heterocycles. The van der Waals surface area contributed by atoms with Gasteiger partial charge in [-0.1, -0.05) is 23.7 Å². The van der Waals surface area contributed by atoms with E-state index in [9.17, 15) is 18.4 Å². The summed E-state index contributed by atoms with van der Waals surface area (Å²) in [6.07, 6.45) is -1.05. The lowest BCUT2D eigenvalue weighted by Crippen LogP contribution is -2.36. The van der Waals surface area contributed by atoms with Crippen LogP contribution in [0.15, 0.2) is 42.5 Å². The number of hydrogen-bond acceptors (Lipinski definition) is 4. The molecule has 0 spiro atoms. The van der Waals surface area contributed by atoms with Gasteiger partial charge < -0.3 is 14.8 Å². The first-order valence-corrected chi connectivity index (χ1v) is 8.02. The fraction of sp³-hybridized carbons (Fsp3) is 0.222. The number of hydrogen-bond donors (Lipinski definition) is 1. The van der Waals surface area contributed by atoms with E-state index < -0.39 is 30.4 Å². The Morgan fingerprint density at radius 3 is 2.42 bits per heavy atom. The molecule has 138 valence electrons. The Morgan fingerprint density at radius 1 is 1.12 bits per heavy atom. The monoisotopic (exact) mass is 383 g/mol. The molecule has 8 heteroatoms. The zero-order valence-electron chi connectivity index (χ0n) is 13.8. The molecule has 0 fully saturated rings. The molecule has 0 heterocycles. The Bertz CT molecular complexity index is 783. The van der Waals surface area contributed by atoms with Gasteiger partial charge in [0.1, 0.15) is 17.4 Å². The Morgan fingerprint density at radius 2 is 1.77 bits per heavy atom. The van der Waals surface area contributed by atoms with Crippen LogP contribution < -0.4 is 10.1 Å². The molecule has 2 rings (SSSR count). The normalized spacial score (nSPS) is 11.5. The zero-order valence-corrected chi connectivity index (χ0v) is 14.6. The van der Waals surface area contributed by atoms with Crippen molar-refractivity contribution < 1.29 is 27.8 Å². The van der Waals surface area contributed by atoms with Crippen molar-refractivity contribution in [3.63, 3.8) is 0 Å². The summed E-state index contributed by atoms with van der Waals surface area (Å²) >= 11 is 5.77. The number of ether oxygens (including phenoxy) is 2. The van der Waals surface area contributed by atoms with Gasteiger partial charge in [0.2, 0.25) is 0 Å². The van der Waals surface area contributed by atoms with Gasteiger partial charge in [0.05, 0.1) is 5.02 Å². The number of rotatable bonds is 7. The smallest absolute Gasteiger partial charge is 0.344 e. The number of halogens is 3. The fourth-order valence-corrected chi connectivity index (χ4v) is 2.17. The Kier molecular flexibility index (Phi) is 6.91. The minimum atomic E-state index is -1.05. The fourth-order valence-electron chi connectivity index (χ4n) is 1.95. The molecular formula is C18H16ClF2NO4. The van der Waals surface area contributed by atoms with E-state index in [4.69, 9.17) is 21.1 Å². The Labute approximate surface area is 153 Å². The van der Waals surface area contributed by atoms with Crippen LogP contribution in [0.25, 0.3) is 0 Å². The van der Waals surface area contributed by atoms with E-state index in [0.29, 0.717) is 5.56 Å². The molecule has 0 aliphatic rings. The molecule has 0 aliphatic carbocycles. The predicted molar refractivity (Wildman–Crippen MR) is 90.7 cm³/mol. The molecule has 2 aromatic carbocycles. The lowest BCUT2D eigenvalue weighted by atomic mass is 10.2. The first-order chi connectivity index (χ1) is 12.3. The second-order valence-electron chi connectivity index (χ2n) is 5.34. The third-order valence-electron chi connectivity index (χ3n) is 3.30. The Hall–Kier alpha value is -2.67. The number of amides is 1. The largest absolute Gasteiger partial charge is 0.480 e. The second-order valence-corrected chi connectivity index (χ2v) is 5.75. The molecule has 0 saturated heterocycles. The summed E-state index contributed by atoms with van der Waals surface area (Å²) in [6, 6.07) is 9.10. The van der Waals surface area contributed by atoms with Crippen molar-refractivity contribution in [3.8, 4) is 5.75 Å². The molecule has 0 bridgehead atoms. The van der Waals surface area contributed by atoms with Crippen LogP contribution in [0.4, 0.5) is 8.78 Å². The average Bonchev–Trinajstić information content (AvgIpc) is 2.60. The first-order valence-electron chi connectivity index (χ1n) is 7.64. The van der Waals surface area contributed by atoms with Gasteiger partial charge in [-0.2, -0.15) is 0 Å². The molecule has 0 unspecified atom stereocenters.